The number of hydrogen-bond donors (Lipinski definition) is 2. The molecule has 2 aromatic rings. The van der Waals surface area contributed by atoms with Crippen molar-refractivity contribution in [2.45, 2.75) is 25.7 Å². The van der Waals surface area contributed by atoms with E-state index in [4.69, 9.17) is 0 Å². The van der Waals surface area contributed by atoms with Gasteiger partial charge in [0.25, 0.3) is 0 Å². The average Bonchev–Trinajstić information content (AvgIpc) is 3.37. The highest BCUT2D eigenvalue weighted by atomic mass is 127. The van der Waals surface area contributed by atoms with Crippen LogP contribution in [0.2, 0.25) is 0 Å². The van der Waals surface area contributed by atoms with E-state index in [9.17, 15) is 4.79 Å². The Kier molecular flexibility index (Phi) is 9.93. The van der Waals surface area contributed by atoms with Crippen LogP contribution >= 0.6 is 35.3 Å². The predicted octanol–water partition coefficient (Wildman–Crippen LogP) is 3.73. The molecule has 2 N–H and O–H groups in total. The Hall–Kier alpha value is -1.61. The number of halogens is 1. The van der Waals surface area contributed by atoms with Gasteiger partial charge in [0.05, 0.1) is 0 Å². The highest BCUT2D eigenvalue weighted by Gasteiger charge is 2.29. The molecule has 1 amide bonds. The van der Waals surface area contributed by atoms with Gasteiger partial charge in [-0.1, -0.05) is 43.3 Å². The standard InChI is InChI=1S/C22H30N4OS.HI/c1-17(20-9-6-12-28-20)14-24-22(23-2)25-15-19-13-21(27)26(16-19)11-10-18-7-4-3-5-8-18;/h3-9,12,17,19H,10-11,13-16H2,1-2H3,(H2,23,24,25);1H. The van der Waals surface area contributed by atoms with E-state index in [0.29, 0.717) is 18.3 Å². The molecule has 1 saturated heterocycles. The van der Waals surface area contributed by atoms with Gasteiger partial charge in [0.15, 0.2) is 5.96 Å². The third-order valence-corrected chi connectivity index (χ3v) is 6.30. The van der Waals surface area contributed by atoms with Crippen LogP contribution in [0.15, 0.2) is 52.8 Å². The van der Waals surface area contributed by atoms with E-state index in [1.165, 1.54) is 10.4 Å². The van der Waals surface area contributed by atoms with Crippen molar-refractivity contribution in [3.05, 3.63) is 58.3 Å². The van der Waals surface area contributed by atoms with Crippen molar-refractivity contribution in [3.8, 4) is 0 Å². The van der Waals surface area contributed by atoms with Gasteiger partial charge in [-0.05, 0) is 23.4 Å². The second-order valence-corrected chi connectivity index (χ2v) is 8.38. The maximum atomic E-state index is 12.3. The van der Waals surface area contributed by atoms with Crippen LogP contribution in [0, 0.1) is 5.92 Å². The van der Waals surface area contributed by atoms with Crippen molar-refractivity contribution in [1.82, 2.24) is 15.5 Å². The minimum Gasteiger partial charge on any atom is -0.356 e. The van der Waals surface area contributed by atoms with Crippen molar-refractivity contribution in [2.75, 3.05) is 33.2 Å². The Morgan fingerprint density at radius 2 is 2.03 bits per heavy atom. The Morgan fingerprint density at radius 3 is 2.72 bits per heavy atom. The first-order valence-corrected chi connectivity index (χ1v) is 10.8. The molecule has 2 heterocycles. The number of hydrogen-bond acceptors (Lipinski definition) is 3. The van der Waals surface area contributed by atoms with E-state index in [0.717, 1.165) is 38.6 Å². The second kappa shape index (κ2) is 12.2. The van der Waals surface area contributed by atoms with Crippen molar-refractivity contribution in [3.63, 3.8) is 0 Å². The van der Waals surface area contributed by atoms with Gasteiger partial charge in [0, 0.05) is 56.4 Å². The molecule has 5 nitrogen and oxygen atoms in total. The molecule has 1 aromatic heterocycles. The smallest absolute Gasteiger partial charge is 0.223 e. The minimum atomic E-state index is 0. The van der Waals surface area contributed by atoms with Gasteiger partial charge in [0.1, 0.15) is 0 Å². The Balaban J connectivity index is 0.00000300. The van der Waals surface area contributed by atoms with Gasteiger partial charge in [-0.15, -0.1) is 35.3 Å². The summed E-state index contributed by atoms with van der Waals surface area (Å²) in [6.07, 6.45) is 1.53. The van der Waals surface area contributed by atoms with Crippen LogP contribution < -0.4 is 10.6 Å². The molecule has 3 rings (SSSR count). The van der Waals surface area contributed by atoms with E-state index in [1.807, 2.05) is 23.1 Å². The average molecular weight is 526 g/mol. The molecule has 2 unspecified atom stereocenters. The summed E-state index contributed by atoms with van der Waals surface area (Å²) in [6.45, 7) is 5.44. The molecule has 1 aliphatic rings. The first-order valence-electron chi connectivity index (χ1n) is 9.95. The lowest BCUT2D eigenvalue weighted by molar-refractivity contribution is -0.127. The predicted molar refractivity (Wildman–Crippen MR) is 132 cm³/mol. The second-order valence-electron chi connectivity index (χ2n) is 7.40. The lowest BCUT2D eigenvalue weighted by Crippen LogP contribution is -2.41. The number of carbonyl (C=O) groups is 1. The van der Waals surface area contributed by atoms with E-state index in [1.54, 1.807) is 18.4 Å². The van der Waals surface area contributed by atoms with Crippen LogP contribution in [0.3, 0.4) is 0 Å². The largest absolute Gasteiger partial charge is 0.356 e. The first kappa shape index (κ1) is 23.7. The van der Waals surface area contributed by atoms with Crippen molar-refractivity contribution < 1.29 is 4.79 Å². The highest BCUT2D eigenvalue weighted by Crippen LogP contribution is 2.20. The number of likely N-dealkylation sites (tertiary alicyclic amines) is 1. The van der Waals surface area contributed by atoms with Crippen LogP contribution in [0.1, 0.15) is 29.7 Å². The number of carbonyl (C=O) groups excluding carboxylic acids is 1. The number of nitrogens with one attached hydrogen (secondary N) is 2. The number of nitrogens with zero attached hydrogens (tertiary/aromatic N) is 2. The SMILES string of the molecule is CN=C(NCC1CC(=O)N(CCc2ccccc2)C1)NCC(C)c1cccs1.I. The van der Waals surface area contributed by atoms with Gasteiger partial charge in [-0.3, -0.25) is 9.79 Å². The van der Waals surface area contributed by atoms with E-state index in [2.05, 4.69) is 52.2 Å². The van der Waals surface area contributed by atoms with Crippen LogP contribution in [0.25, 0.3) is 0 Å². The van der Waals surface area contributed by atoms with E-state index in [-0.39, 0.29) is 29.9 Å². The number of rotatable bonds is 8. The quantitative estimate of drug-likeness (QED) is 0.313. The van der Waals surface area contributed by atoms with Crippen LogP contribution in [-0.4, -0.2) is 50.0 Å². The number of thiophene rings is 1. The molecular weight excluding hydrogens is 495 g/mol. The van der Waals surface area contributed by atoms with Gasteiger partial charge >= 0.3 is 0 Å². The molecule has 1 fully saturated rings. The van der Waals surface area contributed by atoms with Crippen molar-refractivity contribution in [1.29, 1.82) is 0 Å². The normalized spacial score (nSPS) is 17.7. The molecule has 0 aliphatic carbocycles. The minimum absolute atomic E-state index is 0. The zero-order chi connectivity index (χ0) is 19.8. The summed E-state index contributed by atoms with van der Waals surface area (Å²) in [4.78, 5) is 20.0. The topological polar surface area (TPSA) is 56.7 Å². The number of amides is 1. The molecule has 158 valence electrons. The first-order chi connectivity index (χ1) is 13.7. The number of guanidine groups is 1. The fourth-order valence-corrected chi connectivity index (χ4v) is 4.29. The van der Waals surface area contributed by atoms with Gasteiger partial charge < -0.3 is 15.5 Å². The molecule has 29 heavy (non-hydrogen) atoms. The summed E-state index contributed by atoms with van der Waals surface area (Å²) in [7, 11) is 1.79. The van der Waals surface area contributed by atoms with E-state index < -0.39 is 0 Å². The lowest BCUT2D eigenvalue weighted by Gasteiger charge is -2.18. The lowest BCUT2D eigenvalue weighted by atomic mass is 10.1. The van der Waals surface area contributed by atoms with Crippen LogP contribution in [0.4, 0.5) is 0 Å². The van der Waals surface area contributed by atoms with Crippen molar-refractivity contribution >= 4 is 47.2 Å². The molecule has 2 atom stereocenters. The monoisotopic (exact) mass is 526 g/mol. The Morgan fingerprint density at radius 1 is 1.24 bits per heavy atom. The zero-order valence-electron chi connectivity index (χ0n) is 17.1. The third kappa shape index (κ3) is 7.29. The Labute approximate surface area is 195 Å². The fraction of sp³-hybridized carbons (Fsp3) is 0.455. The van der Waals surface area contributed by atoms with E-state index >= 15 is 0 Å². The molecule has 1 aromatic carbocycles. The van der Waals surface area contributed by atoms with Gasteiger partial charge in [-0.25, -0.2) is 0 Å². The number of aliphatic imine (C=N–C) groups is 1. The molecular formula is C22H31IN4OS. The molecule has 1 aliphatic heterocycles. The van der Waals surface area contributed by atoms with Crippen molar-refractivity contribution in [2.24, 2.45) is 10.9 Å². The highest BCUT2D eigenvalue weighted by molar-refractivity contribution is 14.0. The summed E-state index contributed by atoms with van der Waals surface area (Å²) in [6, 6.07) is 14.6. The molecule has 0 radical (unpaired) electrons. The summed E-state index contributed by atoms with van der Waals surface area (Å²) in [5.41, 5.74) is 1.28. The maximum absolute atomic E-state index is 12.3. The molecule has 0 spiro atoms. The molecule has 7 heteroatoms. The Bertz CT molecular complexity index is 766. The summed E-state index contributed by atoms with van der Waals surface area (Å²) in [5, 5.41) is 8.90. The molecule has 0 bridgehead atoms. The van der Waals surface area contributed by atoms with Gasteiger partial charge in [-0.2, -0.15) is 0 Å². The zero-order valence-corrected chi connectivity index (χ0v) is 20.3. The summed E-state index contributed by atoms with van der Waals surface area (Å²) >= 11 is 1.78. The fourth-order valence-electron chi connectivity index (χ4n) is 3.50. The van der Waals surface area contributed by atoms with Crippen LogP contribution in [-0.2, 0) is 11.2 Å². The summed E-state index contributed by atoms with van der Waals surface area (Å²) < 4.78 is 0. The van der Waals surface area contributed by atoms with Crippen LogP contribution in [0.5, 0.6) is 0 Å². The maximum Gasteiger partial charge on any atom is 0.223 e. The number of benzene rings is 1. The summed E-state index contributed by atoms with van der Waals surface area (Å²) in [5.74, 6) is 1.84. The third-order valence-electron chi connectivity index (χ3n) is 5.19. The van der Waals surface area contributed by atoms with Gasteiger partial charge in [0.2, 0.25) is 5.91 Å². The molecule has 0 saturated carbocycles.